The van der Waals surface area contributed by atoms with Gasteiger partial charge >= 0.3 is 0 Å². The standard InChI is InChI=1S/C12H14N2O2/c15-11-7-2-1-4-10(11)8-13-14-12(16)9-5-3-6-9/h1-2,4,7-9,15H,3,5-6H2,(H,14,16)/b13-8+. The molecule has 0 atom stereocenters. The third-order valence-electron chi connectivity index (χ3n) is 2.79. The molecule has 1 aliphatic carbocycles. The molecule has 1 aromatic rings. The van der Waals surface area contributed by atoms with Crippen LogP contribution >= 0.6 is 0 Å². The van der Waals surface area contributed by atoms with E-state index in [2.05, 4.69) is 10.5 Å². The number of rotatable bonds is 3. The molecule has 1 amide bonds. The van der Waals surface area contributed by atoms with E-state index < -0.39 is 0 Å². The molecule has 2 N–H and O–H groups in total. The van der Waals surface area contributed by atoms with E-state index in [1.54, 1.807) is 24.3 Å². The highest BCUT2D eigenvalue weighted by atomic mass is 16.3. The largest absolute Gasteiger partial charge is 0.507 e. The number of carbonyl (C=O) groups excluding carboxylic acids is 1. The number of amides is 1. The Hall–Kier alpha value is -1.84. The molecule has 0 aliphatic heterocycles. The second-order valence-electron chi connectivity index (χ2n) is 3.92. The molecule has 0 radical (unpaired) electrons. The number of hydrogen-bond acceptors (Lipinski definition) is 3. The van der Waals surface area contributed by atoms with Gasteiger partial charge in [-0.3, -0.25) is 4.79 Å². The van der Waals surface area contributed by atoms with Gasteiger partial charge in [0.15, 0.2) is 0 Å². The van der Waals surface area contributed by atoms with Gasteiger partial charge in [0, 0.05) is 11.5 Å². The van der Waals surface area contributed by atoms with Gasteiger partial charge in [-0.25, -0.2) is 5.43 Å². The molecule has 1 fully saturated rings. The zero-order valence-corrected chi connectivity index (χ0v) is 8.89. The lowest BCUT2D eigenvalue weighted by molar-refractivity contribution is -0.127. The number of carbonyl (C=O) groups is 1. The van der Waals surface area contributed by atoms with E-state index >= 15 is 0 Å². The molecule has 1 aliphatic rings. The molecule has 16 heavy (non-hydrogen) atoms. The molecular weight excluding hydrogens is 204 g/mol. The van der Waals surface area contributed by atoms with Crippen molar-refractivity contribution in [3.8, 4) is 5.75 Å². The second kappa shape index (κ2) is 4.79. The number of aromatic hydroxyl groups is 1. The molecule has 4 heteroatoms. The first-order valence-corrected chi connectivity index (χ1v) is 5.38. The Morgan fingerprint density at radius 2 is 2.19 bits per heavy atom. The van der Waals surface area contributed by atoms with Crippen LogP contribution < -0.4 is 5.43 Å². The van der Waals surface area contributed by atoms with Gasteiger partial charge in [0.25, 0.3) is 0 Å². The highest BCUT2D eigenvalue weighted by molar-refractivity contribution is 5.85. The summed E-state index contributed by atoms with van der Waals surface area (Å²) < 4.78 is 0. The molecule has 0 bridgehead atoms. The van der Waals surface area contributed by atoms with Crippen LogP contribution in [0.1, 0.15) is 24.8 Å². The van der Waals surface area contributed by atoms with Crippen molar-refractivity contribution in [1.82, 2.24) is 5.43 Å². The first kappa shape index (κ1) is 10.7. The number of phenolic OH excluding ortho intramolecular Hbond substituents is 1. The van der Waals surface area contributed by atoms with Crippen LogP contribution in [0.3, 0.4) is 0 Å². The van der Waals surface area contributed by atoms with Crippen molar-refractivity contribution in [1.29, 1.82) is 0 Å². The highest BCUT2D eigenvalue weighted by Gasteiger charge is 2.24. The first-order chi connectivity index (χ1) is 7.77. The summed E-state index contributed by atoms with van der Waals surface area (Å²) in [5.41, 5.74) is 3.07. The zero-order chi connectivity index (χ0) is 11.4. The van der Waals surface area contributed by atoms with Gasteiger partial charge in [-0.15, -0.1) is 0 Å². The van der Waals surface area contributed by atoms with Crippen molar-refractivity contribution >= 4 is 12.1 Å². The molecule has 0 heterocycles. The zero-order valence-electron chi connectivity index (χ0n) is 8.89. The summed E-state index contributed by atoms with van der Waals surface area (Å²) in [5.74, 6) is 0.253. The number of hydrazone groups is 1. The Bertz CT molecular complexity index is 411. The maximum Gasteiger partial charge on any atom is 0.243 e. The van der Waals surface area contributed by atoms with E-state index in [-0.39, 0.29) is 17.6 Å². The van der Waals surface area contributed by atoms with E-state index in [4.69, 9.17) is 0 Å². The van der Waals surface area contributed by atoms with Crippen LogP contribution in [0.2, 0.25) is 0 Å². The van der Waals surface area contributed by atoms with Crippen LogP contribution in [0.25, 0.3) is 0 Å². The summed E-state index contributed by atoms with van der Waals surface area (Å²) in [4.78, 5) is 11.4. The highest BCUT2D eigenvalue weighted by Crippen LogP contribution is 2.26. The SMILES string of the molecule is O=C(N/N=C/c1ccccc1O)C1CCC1. The van der Waals surface area contributed by atoms with Crippen LogP contribution in [0.5, 0.6) is 5.75 Å². The topological polar surface area (TPSA) is 61.7 Å². The Labute approximate surface area is 94.0 Å². The summed E-state index contributed by atoms with van der Waals surface area (Å²) in [6, 6.07) is 6.85. The van der Waals surface area contributed by atoms with Crippen LogP contribution in [-0.2, 0) is 4.79 Å². The third-order valence-corrected chi connectivity index (χ3v) is 2.79. The van der Waals surface area contributed by atoms with Gasteiger partial charge in [-0.1, -0.05) is 18.6 Å². The molecule has 0 saturated heterocycles. The molecule has 84 valence electrons. The lowest BCUT2D eigenvalue weighted by atomic mass is 9.85. The quantitative estimate of drug-likeness (QED) is 0.598. The maximum atomic E-state index is 11.4. The maximum absolute atomic E-state index is 11.4. The van der Waals surface area contributed by atoms with Crippen LogP contribution in [-0.4, -0.2) is 17.2 Å². The summed E-state index contributed by atoms with van der Waals surface area (Å²) in [5, 5.41) is 13.3. The predicted octanol–water partition coefficient (Wildman–Crippen LogP) is 1.64. The van der Waals surface area contributed by atoms with Crippen LogP contribution in [0.4, 0.5) is 0 Å². The minimum Gasteiger partial charge on any atom is -0.507 e. The Morgan fingerprint density at radius 1 is 1.44 bits per heavy atom. The van der Waals surface area contributed by atoms with Gasteiger partial charge in [0.2, 0.25) is 5.91 Å². The fraction of sp³-hybridized carbons (Fsp3) is 0.333. The smallest absolute Gasteiger partial charge is 0.243 e. The van der Waals surface area contributed by atoms with Gasteiger partial charge in [0.05, 0.1) is 6.21 Å². The Morgan fingerprint density at radius 3 is 2.81 bits per heavy atom. The fourth-order valence-corrected chi connectivity index (χ4v) is 1.52. The molecule has 4 nitrogen and oxygen atoms in total. The number of benzene rings is 1. The average molecular weight is 218 g/mol. The minimum absolute atomic E-state index is 0.0297. The second-order valence-corrected chi connectivity index (χ2v) is 3.92. The van der Waals surface area contributed by atoms with Gasteiger partial charge in [-0.05, 0) is 25.0 Å². The summed E-state index contributed by atoms with van der Waals surface area (Å²) in [7, 11) is 0. The van der Waals surface area contributed by atoms with Gasteiger partial charge < -0.3 is 5.11 Å². The fourth-order valence-electron chi connectivity index (χ4n) is 1.52. The molecule has 1 saturated carbocycles. The summed E-state index contributed by atoms with van der Waals surface area (Å²) in [6.45, 7) is 0. The van der Waals surface area contributed by atoms with Crippen molar-refractivity contribution in [2.45, 2.75) is 19.3 Å². The molecule has 2 rings (SSSR count). The lowest BCUT2D eigenvalue weighted by Crippen LogP contribution is -2.31. The monoisotopic (exact) mass is 218 g/mol. The summed E-state index contributed by atoms with van der Waals surface area (Å²) >= 11 is 0. The van der Waals surface area contributed by atoms with Crippen molar-refractivity contribution < 1.29 is 9.90 Å². The molecule has 1 aromatic carbocycles. The normalized spacial score (nSPS) is 16.0. The van der Waals surface area contributed by atoms with Crippen molar-refractivity contribution in [3.05, 3.63) is 29.8 Å². The number of hydrogen-bond donors (Lipinski definition) is 2. The van der Waals surface area contributed by atoms with E-state index in [1.165, 1.54) is 6.21 Å². The molecule has 0 spiro atoms. The summed E-state index contributed by atoms with van der Waals surface area (Å²) in [6.07, 6.45) is 4.49. The van der Waals surface area contributed by atoms with E-state index in [0.717, 1.165) is 19.3 Å². The molecule has 0 unspecified atom stereocenters. The van der Waals surface area contributed by atoms with Crippen molar-refractivity contribution in [2.75, 3.05) is 0 Å². The minimum atomic E-state index is -0.0297. The molecule has 0 aromatic heterocycles. The van der Waals surface area contributed by atoms with Crippen molar-refractivity contribution in [3.63, 3.8) is 0 Å². The van der Waals surface area contributed by atoms with E-state index in [1.807, 2.05) is 0 Å². The number of phenols is 1. The average Bonchev–Trinajstić information content (AvgIpc) is 2.18. The van der Waals surface area contributed by atoms with Crippen LogP contribution in [0, 0.1) is 5.92 Å². The van der Waals surface area contributed by atoms with Gasteiger partial charge in [0.1, 0.15) is 5.75 Å². The molecular formula is C12H14N2O2. The Balaban J connectivity index is 1.89. The van der Waals surface area contributed by atoms with Crippen molar-refractivity contribution in [2.24, 2.45) is 11.0 Å². The lowest BCUT2D eigenvalue weighted by Gasteiger charge is -2.22. The number of nitrogens with zero attached hydrogens (tertiary/aromatic N) is 1. The first-order valence-electron chi connectivity index (χ1n) is 5.38. The number of para-hydroxylation sites is 1. The third kappa shape index (κ3) is 2.39. The Kier molecular flexibility index (Phi) is 3.19. The van der Waals surface area contributed by atoms with Gasteiger partial charge in [-0.2, -0.15) is 5.10 Å². The van der Waals surface area contributed by atoms with E-state index in [9.17, 15) is 9.90 Å². The van der Waals surface area contributed by atoms with E-state index in [0.29, 0.717) is 5.56 Å². The number of nitrogens with one attached hydrogen (secondary N) is 1. The predicted molar refractivity (Wildman–Crippen MR) is 61.2 cm³/mol. The van der Waals surface area contributed by atoms with Crippen LogP contribution in [0.15, 0.2) is 29.4 Å².